The highest BCUT2D eigenvalue weighted by Gasteiger charge is 2.31. The van der Waals surface area contributed by atoms with E-state index in [2.05, 4.69) is 10.6 Å². The van der Waals surface area contributed by atoms with Gasteiger partial charge in [0.25, 0.3) is 0 Å². The van der Waals surface area contributed by atoms with Crippen molar-refractivity contribution in [2.24, 2.45) is 11.7 Å². The molecule has 3 amide bonds. The van der Waals surface area contributed by atoms with E-state index in [1.165, 1.54) is 0 Å². The van der Waals surface area contributed by atoms with Crippen LogP contribution in [-0.4, -0.2) is 42.4 Å². The van der Waals surface area contributed by atoms with Crippen molar-refractivity contribution in [1.29, 1.82) is 0 Å². The van der Waals surface area contributed by atoms with E-state index < -0.39 is 35.8 Å². The first-order valence-corrected chi connectivity index (χ1v) is 6.90. The minimum absolute atomic E-state index is 0.0561. The summed E-state index contributed by atoms with van der Waals surface area (Å²) in [6, 6.07) is -1.63. The molecule has 118 valence electrons. The van der Waals surface area contributed by atoms with Crippen LogP contribution in [-0.2, 0) is 23.9 Å². The van der Waals surface area contributed by atoms with E-state index >= 15 is 0 Å². The van der Waals surface area contributed by atoms with Gasteiger partial charge in [0, 0.05) is 6.42 Å². The molecule has 0 radical (unpaired) electrons. The van der Waals surface area contributed by atoms with E-state index in [0.29, 0.717) is 6.42 Å². The molecule has 1 rings (SSSR count). The van der Waals surface area contributed by atoms with Gasteiger partial charge in [0.2, 0.25) is 17.7 Å². The van der Waals surface area contributed by atoms with Crippen molar-refractivity contribution >= 4 is 23.7 Å². The van der Waals surface area contributed by atoms with Crippen molar-refractivity contribution < 1.29 is 23.9 Å². The molecule has 8 nitrogen and oxygen atoms in total. The smallest absolute Gasteiger partial charge is 0.308 e. The normalized spacial score (nSPS) is 20.3. The first-order chi connectivity index (χ1) is 9.85. The number of esters is 1. The second-order valence-corrected chi connectivity index (χ2v) is 5.01. The van der Waals surface area contributed by atoms with Crippen LogP contribution >= 0.6 is 0 Å². The van der Waals surface area contributed by atoms with Gasteiger partial charge in [0.15, 0.2) is 0 Å². The van der Waals surface area contributed by atoms with E-state index in [4.69, 9.17) is 10.5 Å². The summed E-state index contributed by atoms with van der Waals surface area (Å²) in [4.78, 5) is 45.9. The number of primary amides is 1. The lowest BCUT2D eigenvalue weighted by Gasteiger charge is -2.20. The standard InChI is InChI=1S/C13H21N3O5/c1-3-21-13(20)7(2)6-9(11(14)18)16-12(19)8-4-5-10(17)15-8/h7-9H,3-6H2,1-2H3,(H2,14,18)(H,15,17)(H,16,19)/t7-,8+,9-/m0/s1. The average Bonchev–Trinajstić information content (AvgIpc) is 2.84. The van der Waals surface area contributed by atoms with Crippen molar-refractivity contribution in [3.8, 4) is 0 Å². The van der Waals surface area contributed by atoms with Crippen LogP contribution in [0.5, 0.6) is 0 Å². The molecule has 4 N–H and O–H groups in total. The number of nitrogens with two attached hydrogens (primary N) is 1. The monoisotopic (exact) mass is 299 g/mol. The van der Waals surface area contributed by atoms with Gasteiger partial charge in [-0.05, 0) is 19.8 Å². The first kappa shape index (κ1) is 16.9. The highest BCUT2D eigenvalue weighted by atomic mass is 16.5. The highest BCUT2D eigenvalue weighted by Crippen LogP contribution is 2.11. The maximum Gasteiger partial charge on any atom is 0.308 e. The Morgan fingerprint density at radius 3 is 2.62 bits per heavy atom. The summed E-state index contributed by atoms with van der Waals surface area (Å²) in [5.41, 5.74) is 5.24. The maximum atomic E-state index is 11.9. The van der Waals surface area contributed by atoms with Crippen molar-refractivity contribution in [3.05, 3.63) is 0 Å². The molecule has 1 saturated heterocycles. The van der Waals surface area contributed by atoms with Gasteiger partial charge in [0.05, 0.1) is 12.5 Å². The van der Waals surface area contributed by atoms with E-state index in [0.717, 1.165) is 0 Å². The molecule has 0 aliphatic carbocycles. The Bertz CT molecular complexity index is 438. The Kier molecular flexibility index (Phi) is 6.13. The third-order valence-corrected chi connectivity index (χ3v) is 3.25. The van der Waals surface area contributed by atoms with Crippen LogP contribution < -0.4 is 16.4 Å². The van der Waals surface area contributed by atoms with Crippen LogP contribution in [0.2, 0.25) is 0 Å². The molecule has 3 atom stereocenters. The summed E-state index contributed by atoms with van der Waals surface area (Å²) in [5.74, 6) is -2.43. The predicted molar refractivity (Wildman–Crippen MR) is 72.7 cm³/mol. The molecule has 1 heterocycles. The largest absolute Gasteiger partial charge is 0.466 e. The lowest BCUT2D eigenvalue weighted by Crippen LogP contribution is -2.51. The van der Waals surface area contributed by atoms with Gasteiger partial charge in [-0.3, -0.25) is 19.2 Å². The molecule has 8 heteroatoms. The fraction of sp³-hybridized carbons (Fsp3) is 0.692. The van der Waals surface area contributed by atoms with E-state index in [9.17, 15) is 19.2 Å². The van der Waals surface area contributed by atoms with Gasteiger partial charge >= 0.3 is 5.97 Å². The number of hydrogen-bond acceptors (Lipinski definition) is 5. The summed E-state index contributed by atoms with van der Waals surface area (Å²) in [7, 11) is 0. The number of rotatable bonds is 7. The van der Waals surface area contributed by atoms with Crippen molar-refractivity contribution in [3.63, 3.8) is 0 Å². The Balaban J connectivity index is 2.57. The molecule has 0 aromatic heterocycles. The number of hydrogen-bond donors (Lipinski definition) is 3. The van der Waals surface area contributed by atoms with Gasteiger partial charge in [-0.1, -0.05) is 6.92 Å². The third-order valence-electron chi connectivity index (χ3n) is 3.25. The number of amides is 3. The Morgan fingerprint density at radius 2 is 2.14 bits per heavy atom. The molecular formula is C13H21N3O5. The summed E-state index contributed by atoms with van der Waals surface area (Å²) in [6.07, 6.45) is 0.711. The molecule has 1 aliphatic rings. The zero-order chi connectivity index (χ0) is 16.0. The molecule has 0 spiro atoms. The van der Waals surface area contributed by atoms with Gasteiger partial charge in [0.1, 0.15) is 12.1 Å². The average molecular weight is 299 g/mol. The summed E-state index contributed by atoms with van der Waals surface area (Å²) >= 11 is 0. The van der Waals surface area contributed by atoms with E-state index in [-0.39, 0.29) is 25.4 Å². The second kappa shape index (κ2) is 7.61. The van der Waals surface area contributed by atoms with Gasteiger partial charge in [-0.25, -0.2) is 0 Å². The highest BCUT2D eigenvalue weighted by molar-refractivity contribution is 5.93. The zero-order valence-electron chi connectivity index (χ0n) is 12.2. The van der Waals surface area contributed by atoms with Crippen LogP contribution in [0.1, 0.15) is 33.1 Å². The van der Waals surface area contributed by atoms with Gasteiger partial charge in [-0.2, -0.15) is 0 Å². The Hall–Kier alpha value is -2.12. The molecule has 0 aromatic carbocycles. The third kappa shape index (κ3) is 5.05. The second-order valence-electron chi connectivity index (χ2n) is 5.01. The van der Waals surface area contributed by atoms with Crippen LogP contribution in [0.25, 0.3) is 0 Å². The van der Waals surface area contributed by atoms with Crippen molar-refractivity contribution in [2.45, 2.75) is 45.2 Å². The number of ether oxygens (including phenoxy) is 1. The molecular weight excluding hydrogens is 278 g/mol. The molecule has 0 bridgehead atoms. The minimum atomic E-state index is -0.977. The van der Waals surface area contributed by atoms with Crippen LogP contribution in [0.15, 0.2) is 0 Å². The maximum absolute atomic E-state index is 11.9. The lowest BCUT2D eigenvalue weighted by molar-refractivity contribution is -0.148. The Morgan fingerprint density at radius 1 is 1.48 bits per heavy atom. The van der Waals surface area contributed by atoms with Crippen molar-refractivity contribution in [2.75, 3.05) is 6.61 Å². The topological polar surface area (TPSA) is 128 Å². The summed E-state index contributed by atoms with van der Waals surface area (Å²) in [5, 5.41) is 4.97. The molecule has 0 saturated carbocycles. The van der Waals surface area contributed by atoms with Crippen LogP contribution in [0, 0.1) is 5.92 Å². The SMILES string of the molecule is CCOC(=O)[C@@H](C)C[C@H](NC(=O)[C@H]1CCC(=O)N1)C(N)=O. The molecule has 0 unspecified atom stereocenters. The van der Waals surface area contributed by atoms with Crippen molar-refractivity contribution in [1.82, 2.24) is 10.6 Å². The zero-order valence-corrected chi connectivity index (χ0v) is 12.2. The molecule has 1 aliphatic heterocycles. The van der Waals surface area contributed by atoms with Gasteiger partial charge < -0.3 is 21.1 Å². The predicted octanol–water partition coefficient (Wildman–Crippen LogP) is -1.18. The van der Waals surface area contributed by atoms with Gasteiger partial charge in [-0.15, -0.1) is 0 Å². The fourth-order valence-electron chi connectivity index (χ4n) is 2.06. The number of carbonyl (C=O) groups is 4. The van der Waals surface area contributed by atoms with Crippen LogP contribution in [0.3, 0.4) is 0 Å². The fourth-order valence-corrected chi connectivity index (χ4v) is 2.06. The quantitative estimate of drug-likeness (QED) is 0.510. The number of nitrogens with one attached hydrogen (secondary N) is 2. The lowest BCUT2D eigenvalue weighted by atomic mass is 10.0. The first-order valence-electron chi connectivity index (χ1n) is 6.90. The summed E-state index contributed by atoms with van der Waals surface area (Å²) < 4.78 is 4.84. The van der Waals surface area contributed by atoms with E-state index in [1.807, 2.05) is 0 Å². The molecule has 1 fully saturated rings. The molecule has 21 heavy (non-hydrogen) atoms. The summed E-state index contributed by atoms with van der Waals surface area (Å²) in [6.45, 7) is 3.52. The minimum Gasteiger partial charge on any atom is -0.466 e. The Labute approximate surface area is 122 Å². The van der Waals surface area contributed by atoms with E-state index in [1.54, 1.807) is 13.8 Å². The van der Waals surface area contributed by atoms with Crippen LogP contribution in [0.4, 0.5) is 0 Å². The molecule has 0 aromatic rings. The number of carbonyl (C=O) groups excluding carboxylic acids is 4.